The van der Waals surface area contributed by atoms with Crippen molar-refractivity contribution in [3.63, 3.8) is 0 Å². The van der Waals surface area contributed by atoms with Crippen molar-refractivity contribution in [1.82, 2.24) is 0 Å². The molecule has 0 unspecified atom stereocenters. The van der Waals surface area contributed by atoms with E-state index in [2.05, 4.69) is 15.9 Å². The van der Waals surface area contributed by atoms with Crippen LogP contribution < -0.4 is 9.47 Å². The maximum atomic E-state index is 11.6. The molecule has 0 aliphatic carbocycles. The molecule has 0 radical (unpaired) electrons. The molecule has 0 heterocycles. The van der Waals surface area contributed by atoms with Crippen LogP contribution in [0, 0.1) is 0 Å². The van der Waals surface area contributed by atoms with Crippen molar-refractivity contribution >= 4 is 21.7 Å². The molecule has 2 aromatic rings. The van der Waals surface area contributed by atoms with E-state index < -0.39 is 0 Å². The summed E-state index contributed by atoms with van der Waals surface area (Å²) in [6, 6.07) is 13.1. The van der Waals surface area contributed by atoms with Gasteiger partial charge in [0.25, 0.3) is 0 Å². The molecule has 0 aromatic heterocycles. The predicted molar refractivity (Wildman–Crippen MR) is 81.5 cm³/mol. The smallest absolute Gasteiger partial charge is 0.163 e. The van der Waals surface area contributed by atoms with E-state index in [1.54, 1.807) is 19.2 Å². The maximum Gasteiger partial charge on any atom is 0.163 e. The molecule has 4 heteroatoms. The number of benzene rings is 2. The van der Waals surface area contributed by atoms with E-state index in [1.165, 1.54) is 6.92 Å². The molecule has 104 valence electrons. The number of para-hydroxylation sites is 1. The van der Waals surface area contributed by atoms with Crippen molar-refractivity contribution in [3.05, 3.63) is 58.1 Å². The largest absolute Gasteiger partial charge is 0.496 e. The molecule has 0 aliphatic heterocycles. The van der Waals surface area contributed by atoms with Crippen LogP contribution >= 0.6 is 15.9 Å². The first-order valence-electron chi connectivity index (χ1n) is 6.17. The van der Waals surface area contributed by atoms with Gasteiger partial charge in [0.1, 0.15) is 18.1 Å². The van der Waals surface area contributed by atoms with Gasteiger partial charge in [-0.25, -0.2) is 0 Å². The van der Waals surface area contributed by atoms with Gasteiger partial charge < -0.3 is 9.47 Å². The van der Waals surface area contributed by atoms with Crippen molar-refractivity contribution in [2.45, 2.75) is 13.5 Å². The molecule has 0 N–H and O–H groups in total. The van der Waals surface area contributed by atoms with Gasteiger partial charge in [-0.1, -0.05) is 34.1 Å². The van der Waals surface area contributed by atoms with Gasteiger partial charge >= 0.3 is 0 Å². The number of hydrogen-bond donors (Lipinski definition) is 0. The van der Waals surface area contributed by atoms with Gasteiger partial charge in [0, 0.05) is 10.0 Å². The third kappa shape index (κ3) is 3.39. The third-order valence-corrected chi connectivity index (χ3v) is 3.39. The van der Waals surface area contributed by atoms with Gasteiger partial charge in [0.05, 0.1) is 12.7 Å². The summed E-state index contributed by atoms with van der Waals surface area (Å²) in [5.74, 6) is 1.32. The summed E-state index contributed by atoms with van der Waals surface area (Å²) in [6.45, 7) is 1.88. The fourth-order valence-electron chi connectivity index (χ4n) is 1.88. The van der Waals surface area contributed by atoms with Gasteiger partial charge in [-0.15, -0.1) is 0 Å². The van der Waals surface area contributed by atoms with E-state index in [0.717, 1.165) is 15.8 Å². The zero-order chi connectivity index (χ0) is 14.5. The lowest BCUT2D eigenvalue weighted by Crippen LogP contribution is -2.03. The van der Waals surface area contributed by atoms with Crippen LogP contribution in [0.3, 0.4) is 0 Å². The molecule has 0 saturated carbocycles. The van der Waals surface area contributed by atoms with Crippen LogP contribution in [0.1, 0.15) is 22.8 Å². The number of halogens is 1. The highest BCUT2D eigenvalue weighted by molar-refractivity contribution is 9.10. The zero-order valence-corrected chi connectivity index (χ0v) is 12.9. The summed E-state index contributed by atoms with van der Waals surface area (Å²) in [6.07, 6.45) is 0. The second-order valence-electron chi connectivity index (χ2n) is 4.30. The Morgan fingerprint density at radius 2 is 1.90 bits per heavy atom. The minimum absolute atomic E-state index is 0.0265. The van der Waals surface area contributed by atoms with E-state index in [1.807, 2.05) is 30.3 Å². The molecule has 0 amide bonds. The summed E-state index contributed by atoms with van der Waals surface area (Å²) < 4.78 is 11.9. The quantitative estimate of drug-likeness (QED) is 0.767. The van der Waals surface area contributed by atoms with Crippen LogP contribution in [0.15, 0.2) is 46.9 Å². The SMILES string of the molecule is COc1ccccc1COc1ccc(Br)cc1C(C)=O. The van der Waals surface area contributed by atoms with E-state index in [0.29, 0.717) is 17.9 Å². The fraction of sp³-hybridized carbons (Fsp3) is 0.188. The molecule has 0 saturated heterocycles. The van der Waals surface area contributed by atoms with Crippen molar-refractivity contribution < 1.29 is 14.3 Å². The second-order valence-corrected chi connectivity index (χ2v) is 5.21. The Balaban J connectivity index is 2.21. The Hall–Kier alpha value is -1.81. The van der Waals surface area contributed by atoms with E-state index in [4.69, 9.17) is 9.47 Å². The summed E-state index contributed by atoms with van der Waals surface area (Å²) in [5.41, 5.74) is 1.50. The lowest BCUT2D eigenvalue weighted by Gasteiger charge is -2.12. The minimum Gasteiger partial charge on any atom is -0.496 e. The maximum absolute atomic E-state index is 11.6. The van der Waals surface area contributed by atoms with E-state index in [-0.39, 0.29) is 5.78 Å². The van der Waals surface area contributed by atoms with Crippen molar-refractivity contribution in [3.8, 4) is 11.5 Å². The Labute approximate surface area is 126 Å². The zero-order valence-electron chi connectivity index (χ0n) is 11.4. The fourth-order valence-corrected chi connectivity index (χ4v) is 2.24. The topological polar surface area (TPSA) is 35.5 Å². The molecule has 2 rings (SSSR count). The van der Waals surface area contributed by atoms with Crippen LogP contribution in [-0.2, 0) is 6.61 Å². The second kappa shape index (κ2) is 6.57. The lowest BCUT2D eigenvalue weighted by molar-refractivity contribution is 0.101. The summed E-state index contributed by atoms with van der Waals surface area (Å²) >= 11 is 3.36. The number of carbonyl (C=O) groups excluding carboxylic acids is 1. The molecule has 2 aromatic carbocycles. The number of methoxy groups -OCH3 is 1. The van der Waals surface area contributed by atoms with Crippen LogP contribution in [0.5, 0.6) is 11.5 Å². The van der Waals surface area contributed by atoms with Gasteiger partial charge in [0.2, 0.25) is 0 Å². The number of ether oxygens (including phenoxy) is 2. The number of ketones is 1. The van der Waals surface area contributed by atoms with E-state index >= 15 is 0 Å². The average Bonchev–Trinajstić information content (AvgIpc) is 2.46. The lowest BCUT2D eigenvalue weighted by atomic mass is 10.1. The van der Waals surface area contributed by atoms with Gasteiger partial charge in [0.15, 0.2) is 5.78 Å². The van der Waals surface area contributed by atoms with Crippen LogP contribution in [0.4, 0.5) is 0 Å². The highest BCUT2D eigenvalue weighted by Crippen LogP contribution is 2.26. The Morgan fingerprint density at radius 1 is 1.15 bits per heavy atom. The van der Waals surface area contributed by atoms with Gasteiger partial charge in [-0.2, -0.15) is 0 Å². The number of rotatable bonds is 5. The molecule has 0 atom stereocenters. The third-order valence-electron chi connectivity index (χ3n) is 2.90. The first kappa shape index (κ1) is 14.6. The van der Waals surface area contributed by atoms with Crippen molar-refractivity contribution in [2.75, 3.05) is 7.11 Å². The molecule has 0 aliphatic rings. The standard InChI is InChI=1S/C16H15BrO3/c1-11(18)14-9-13(17)7-8-16(14)20-10-12-5-3-4-6-15(12)19-2/h3-9H,10H2,1-2H3. The molecule has 0 fully saturated rings. The predicted octanol–water partition coefficient (Wildman–Crippen LogP) is 4.24. The molecule has 20 heavy (non-hydrogen) atoms. The number of carbonyl (C=O) groups is 1. The molecule has 0 spiro atoms. The summed E-state index contributed by atoms with van der Waals surface area (Å²) in [5, 5.41) is 0. The minimum atomic E-state index is -0.0265. The highest BCUT2D eigenvalue weighted by atomic mass is 79.9. The molecule has 3 nitrogen and oxygen atoms in total. The first-order valence-corrected chi connectivity index (χ1v) is 6.96. The van der Waals surface area contributed by atoms with Gasteiger partial charge in [-0.05, 0) is 31.2 Å². The summed E-state index contributed by atoms with van der Waals surface area (Å²) in [4.78, 5) is 11.6. The molecular formula is C16H15BrO3. The molecular weight excluding hydrogens is 320 g/mol. The Kier molecular flexibility index (Phi) is 4.79. The van der Waals surface area contributed by atoms with Crippen LogP contribution in [0.25, 0.3) is 0 Å². The summed E-state index contributed by atoms with van der Waals surface area (Å²) in [7, 11) is 1.62. The van der Waals surface area contributed by atoms with E-state index in [9.17, 15) is 4.79 Å². The van der Waals surface area contributed by atoms with Crippen LogP contribution in [-0.4, -0.2) is 12.9 Å². The Morgan fingerprint density at radius 3 is 2.60 bits per heavy atom. The highest BCUT2D eigenvalue weighted by Gasteiger charge is 2.10. The normalized spacial score (nSPS) is 10.2. The number of hydrogen-bond acceptors (Lipinski definition) is 3. The van der Waals surface area contributed by atoms with Crippen LogP contribution in [0.2, 0.25) is 0 Å². The Bertz CT molecular complexity index is 623. The van der Waals surface area contributed by atoms with Gasteiger partial charge in [-0.3, -0.25) is 4.79 Å². The van der Waals surface area contributed by atoms with Crippen molar-refractivity contribution in [2.24, 2.45) is 0 Å². The van der Waals surface area contributed by atoms with Crippen molar-refractivity contribution in [1.29, 1.82) is 0 Å². The number of Topliss-reactive ketones (excluding diaryl/α,β-unsaturated/α-hetero) is 1. The monoisotopic (exact) mass is 334 g/mol. The molecule has 0 bridgehead atoms. The first-order chi connectivity index (χ1) is 9.61. The average molecular weight is 335 g/mol.